The highest BCUT2D eigenvalue weighted by Crippen LogP contribution is 2.28. The molecule has 2 aromatic heterocycles. The quantitative estimate of drug-likeness (QED) is 0.397. The van der Waals surface area contributed by atoms with E-state index in [2.05, 4.69) is 15.4 Å². The van der Waals surface area contributed by atoms with Crippen LogP contribution in [0.5, 0.6) is 5.75 Å². The topological polar surface area (TPSA) is 111 Å². The van der Waals surface area contributed by atoms with E-state index in [1.807, 2.05) is 49.4 Å². The lowest BCUT2D eigenvalue weighted by Gasteiger charge is -2.17. The van der Waals surface area contributed by atoms with Crippen LogP contribution in [0, 0.1) is 12.8 Å². The van der Waals surface area contributed by atoms with Crippen molar-refractivity contribution in [3.05, 3.63) is 82.5 Å². The zero-order valence-corrected chi connectivity index (χ0v) is 20.8. The SMILES string of the molecule is COc1cccc(N2CC(C(=O)NCCn3ncc4c(=O)n(Cc5ccccc5C)cnc43)CC2=O)c1. The Morgan fingerprint density at radius 2 is 2.00 bits per heavy atom. The number of aryl methyl sites for hydroxylation is 1. The molecule has 10 heteroatoms. The van der Waals surface area contributed by atoms with Crippen LogP contribution in [0.25, 0.3) is 11.0 Å². The van der Waals surface area contributed by atoms with Gasteiger partial charge in [-0.05, 0) is 30.2 Å². The number of nitrogens with zero attached hydrogens (tertiary/aromatic N) is 5. The fourth-order valence-electron chi connectivity index (χ4n) is 4.59. The van der Waals surface area contributed by atoms with E-state index in [0.717, 1.165) is 11.1 Å². The summed E-state index contributed by atoms with van der Waals surface area (Å²) >= 11 is 0. The van der Waals surface area contributed by atoms with Crippen molar-refractivity contribution in [3.8, 4) is 5.75 Å². The average Bonchev–Trinajstić information content (AvgIpc) is 3.51. The van der Waals surface area contributed by atoms with E-state index in [1.165, 1.54) is 12.5 Å². The second kappa shape index (κ2) is 10.3. The molecule has 0 spiro atoms. The van der Waals surface area contributed by atoms with Crippen molar-refractivity contribution in [1.82, 2.24) is 24.6 Å². The molecular formula is C27H28N6O4. The summed E-state index contributed by atoms with van der Waals surface area (Å²) in [6.07, 6.45) is 3.20. The van der Waals surface area contributed by atoms with E-state index in [1.54, 1.807) is 27.3 Å². The van der Waals surface area contributed by atoms with Gasteiger partial charge in [0.25, 0.3) is 5.56 Å². The fourth-order valence-corrected chi connectivity index (χ4v) is 4.59. The number of methoxy groups -OCH3 is 1. The van der Waals surface area contributed by atoms with E-state index >= 15 is 0 Å². The number of carbonyl (C=O) groups is 2. The van der Waals surface area contributed by atoms with Crippen molar-refractivity contribution in [3.63, 3.8) is 0 Å². The van der Waals surface area contributed by atoms with Gasteiger partial charge in [0.05, 0.1) is 32.3 Å². The number of hydrogen-bond donors (Lipinski definition) is 1. The summed E-state index contributed by atoms with van der Waals surface area (Å²) in [5.74, 6) is -0.0820. The molecule has 1 unspecified atom stereocenters. The molecule has 1 N–H and O–H groups in total. The van der Waals surface area contributed by atoms with Gasteiger partial charge in [0.15, 0.2) is 5.65 Å². The maximum absolute atomic E-state index is 13.0. The molecule has 0 saturated carbocycles. The van der Waals surface area contributed by atoms with Crippen LogP contribution in [0.4, 0.5) is 5.69 Å². The molecule has 2 amide bonds. The first-order valence-electron chi connectivity index (χ1n) is 12.1. The zero-order valence-electron chi connectivity index (χ0n) is 20.8. The van der Waals surface area contributed by atoms with E-state index in [-0.39, 0.29) is 23.8 Å². The first-order valence-corrected chi connectivity index (χ1v) is 12.1. The van der Waals surface area contributed by atoms with Gasteiger partial charge >= 0.3 is 0 Å². The van der Waals surface area contributed by atoms with E-state index in [0.29, 0.717) is 48.6 Å². The number of benzene rings is 2. The van der Waals surface area contributed by atoms with Gasteiger partial charge in [-0.15, -0.1) is 0 Å². The lowest BCUT2D eigenvalue weighted by molar-refractivity contribution is -0.126. The molecule has 1 aliphatic rings. The molecule has 190 valence electrons. The highest BCUT2D eigenvalue weighted by Gasteiger charge is 2.35. The maximum Gasteiger partial charge on any atom is 0.264 e. The number of aromatic nitrogens is 4. The lowest BCUT2D eigenvalue weighted by Crippen LogP contribution is -2.35. The number of hydrogen-bond acceptors (Lipinski definition) is 6. The second-order valence-corrected chi connectivity index (χ2v) is 9.11. The third-order valence-corrected chi connectivity index (χ3v) is 6.71. The zero-order chi connectivity index (χ0) is 25.9. The summed E-state index contributed by atoms with van der Waals surface area (Å²) in [5.41, 5.74) is 3.18. The summed E-state index contributed by atoms with van der Waals surface area (Å²) in [4.78, 5) is 44.4. The van der Waals surface area contributed by atoms with Crippen LogP contribution in [0.15, 0.2) is 65.8 Å². The number of rotatable bonds is 8. The van der Waals surface area contributed by atoms with Crippen LogP contribution in [0.1, 0.15) is 17.5 Å². The van der Waals surface area contributed by atoms with Crippen molar-refractivity contribution >= 4 is 28.5 Å². The molecule has 1 fully saturated rings. The van der Waals surface area contributed by atoms with Gasteiger partial charge in [-0.1, -0.05) is 30.3 Å². The minimum absolute atomic E-state index is 0.0994. The lowest BCUT2D eigenvalue weighted by atomic mass is 10.1. The molecule has 0 bridgehead atoms. The summed E-state index contributed by atoms with van der Waals surface area (Å²) in [7, 11) is 1.57. The molecule has 37 heavy (non-hydrogen) atoms. The number of anilines is 1. The highest BCUT2D eigenvalue weighted by molar-refractivity contribution is 6.00. The van der Waals surface area contributed by atoms with Gasteiger partial charge in [0.1, 0.15) is 17.5 Å². The van der Waals surface area contributed by atoms with Crippen molar-refractivity contribution in [2.75, 3.05) is 25.1 Å². The Balaban J connectivity index is 1.20. The van der Waals surface area contributed by atoms with Crippen LogP contribution in [-0.4, -0.2) is 51.3 Å². The fraction of sp³-hybridized carbons (Fsp3) is 0.296. The van der Waals surface area contributed by atoms with E-state index in [4.69, 9.17) is 4.74 Å². The largest absolute Gasteiger partial charge is 0.497 e. The minimum atomic E-state index is -0.445. The normalized spacial score (nSPS) is 15.4. The van der Waals surface area contributed by atoms with Gasteiger partial charge in [-0.25, -0.2) is 9.67 Å². The van der Waals surface area contributed by atoms with Crippen molar-refractivity contribution in [1.29, 1.82) is 0 Å². The number of amides is 2. The summed E-state index contributed by atoms with van der Waals surface area (Å²) < 4.78 is 8.42. The van der Waals surface area contributed by atoms with Crippen molar-refractivity contribution in [2.45, 2.75) is 26.4 Å². The Morgan fingerprint density at radius 1 is 1.16 bits per heavy atom. The molecule has 5 rings (SSSR count). The minimum Gasteiger partial charge on any atom is -0.497 e. The Hall–Kier alpha value is -4.47. The summed E-state index contributed by atoms with van der Waals surface area (Å²) in [5, 5.41) is 7.63. The van der Waals surface area contributed by atoms with Gasteiger partial charge in [0.2, 0.25) is 11.8 Å². The smallest absolute Gasteiger partial charge is 0.264 e. The number of nitrogens with one attached hydrogen (secondary N) is 1. The van der Waals surface area contributed by atoms with Gasteiger partial charge in [-0.3, -0.25) is 19.0 Å². The van der Waals surface area contributed by atoms with Crippen molar-refractivity contribution < 1.29 is 14.3 Å². The first-order chi connectivity index (χ1) is 17.9. The Bertz CT molecular complexity index is 1520. The molecular weight excluding hydrogens is 472 g/mol. The van der Waals surface area contributed by atoms with Crippen LogP contribution in [0.2, 0.25) is 0 Å². The molecule has 0 radical (unpaired) electrons. The van der Waals surface area contributed by atoms with Crippen molar-refractivity contribution in [2.24, 2.45) is 5.92 Å². The van der Waals surface area contributed by atoms with E-state index < -0.39 is 5.92 Å². The Labute approximate surface area is 213 Å². The van der Waals surface area contributed by atoms with Crippen LogP contribution >= 0.6 is 0 Å². The predicted molar refractivity (Wildman–Crippen MR) is 139 cm³/mol. The molecule has 2 aromatic carbocycles. The molecule has 1 saturated heterocycles. The number of fused-ring (bicyclic) bond motifs is 1. The van der Waals surface area contributed by atoms with Crippen LogP contribution < -0.4 is 20.5 Å². The Kier molecular flexibility index (Phi) is 6.72. The predicted octanol–water partition coefficient (Wildman–Crippen LogP) is 2.13. The van der Waals surface area contributed by atoms with Gasteiger partial charge in [-0.2, -0.15) is 5.10 Å². The molecule has 1 atom stereocenters. The molecule has 0 aliphatic carbocycles. The second-order valence-electron chi connectivity index (χ2n) is 9.11. The molecule has 10 nitrogen and oxygen atoms in total. The average molecular weight is 501 g/mol. The van der Waals surface area contributed by atoms with Crippen LogP contribution in [-0.2, 0) is 22.7 Å². The van der Waals surface area contributed by atoms with E-state index in [9.17, 15) is 14.4 Å². The number of ether oxygens (including phenoxy) is 1. The number of carbonyl (C=O) groups excluding carboxylic acids is 2. The first kappa shape index (κ1) is 24.2. The highest BCUT2D eigenvalue weighted by atomic mass is 16.5. The summed E-state index contributed by atoms with van der Waals surface area (Å²) in [6.45, 7) is 3.40. The summed E-state index contributed by atoms with van der Waals surface area (Å²) in [6, 6.07) is 15.1. The monoisotopic (exact) mass is 500 g/mol. The van der Waals surface area contributed by atoms with Gasteiger partial charge < -0.3 is 15.0 Å². The molecule has 1 aliphatic heterocycles. The van der Waals surface area contributed by atoms with Gasteiger partial charge in [0, 0.05) is 31.3 Å². The maximum atomic E-state index is 13.0. The third-order valence-electron chi connectivity index (χ3n) is 6.71. The van der Waals surface area contributed by atoms with Crippen LogP contribution in [0.3, 0.4) is 0 Å². The standard InChI is InChI=1S/C27H28N6O4/c1-18-6-3-4-7-19(18)15-31-17-29-25-23(27(31)36)14-30-33(25)11-10-28-26(35)20-12-24(34)32(16-20)21-8-5-9-22(13-21)37-2/h3-9,13-14,17,20H,10-12,15-16H2,1-2H3,(H,28,35). The Morgan fingerprint density at radius 3 is 2.81 bits per heavy atom. The molecule has 3 heterocycles. The third kappa shape index (κ3) is 4.95. The molecule has 4 aromatic rings.